The van der Waals surface area contributed by atoms with Gasteiger partial charge in [0.2, 0.25) is 0 Å². The Morgan fingerprint density at radius 3 is 2.27 bits per heavy atom. The van der Waals surface area contributed by atoms with E-state index in [1.165, 1.54) is 12.1 Å². The fourth-order valence-electron chi connectivity index (χ4n) is 0.771. The molecule has 0 atom stereocenters. The third-order valence-electron chi connectivity index (χ3n) is 1.28. The minimum Gasteiger partial charge on any atom is -0.192 e. The van der Waals surface area contributed by atoms with Crippen LogP contribution in [-0.4, -0.2) is 8.42 Å². The van der Waals surface area contributed by atoms with Crippen molar-refractivity contribution in [2.45, 2.75) is 11.8 Å². The molecule has 1 aromatic rings. The van der Waals surface area contributed by atoms with E-state index in [1.807, 2.05) is 0 Å². The maximum absolute atomic E-state index is 10.4. The molecule has 0 saturated heterocycles. The van der Waals surface area contributed by atoms with E-state index >= 15 is 0 Å². The quantitative estimate of drug-likeness (QED) is 0.635. The summed E-state index contributed by atoms with van der Waals surface area (Å²) in [5.74, 6) is 0. The predicted molar refractivity (Wildman–Crippen MR) is 39.1 cm³/mol. The lowest BCUT2D eigenvalue weighted by atomic mass is 10.2. The van der Waals surface area contributed by atoms with Crippen molar-refractivity contribution in [1.82, 2.24) is 0 Å². The van der Waals surface area contributed by atoms with E-state index < -0.39 is 10.1 Å². The first-order chi connectivity index (χ1) is 5.00. The molecule has 0 fully saturated rings. The minimum atomic E-state index is -4.28. The first-order valence-corrected chi connectivity index (χ1v) is 4.43. The highest BCUT2D eigenvalue weighted by Crippen LogP contribution is 2.09. The van der Waals surface area contributed by atoms with E-state index in [9.17, 15) is 13.0 Å². The Kier molecular flexibility index (Phi) is 1.97. The van der Waals surface area contributed by atoms with Crippen LogP contribution in [0.2, 0.25) is 0 Å². The largest absolute Gasteiger partial charge is 0.324 e. The van der Waals surface area contributed by atoms with Gasteiger partial charge in [0.15, 0.2) is 0 Å². The van der Waals surface area contributed by atoms with Crippen molar-refractivity contribution in [2.24, 2.45) is 0 Å². The van der Waals surface area contributed by atoms with Crippen molar-refractivity contribution in [3.05, 3.63) is 29.8 Å². The number of aryl methyl sites for hydroxylation is 1. The third-order valence-corrected chi connectivity index (χ3v) is 2.11. The normalized spacial score (nSPS) is 11.5. The molecule has 1 aromatic carbocycles. The second-order valence-corrected chi connectivity index (χ2v) is 3.65. The van der Waals surface area contributed by atoms with Gasteiger partial charge in [-0.25, -0.2) is 0 Å². The van der Waals surface area contributed by atoms with Crippen LogP contribution in [0, 0.1) is 6.92 Å². The molecular formula is C7H7O3S. The van der Waals surface area contributed by atoms with Crippen LogP contribution < -0.4 is 0 Å². The van der Waals surface area contributed by atoms with Gasteiger partial charge >= 0.3 is 10.1 Å². The fraction of sp³-hybridized carbons (Fsp3) is 0.143. The highest BCUT2D eigenvalue weighted by atomic mass is 32.2. The van der Waals surface area contributed by atoms with Crippen LogP contribution in [0.5, 0.6) is 0 Å². The fourth-order valence-corrected chi connectivity index (χ4v) is 1.35. The number of hydrogen-bond acceptors (Lipinski definition) is 2. The summed E-state index contributed by atoms with van der Waals surface area (Å²) in [5, 5.41) is 0. The first kappa shape index (κ1) is 8.23. The van der Waals surface area contributed by atoms with Gasteiger partial charge in [0, 0.05) is 0 Å². The molecule has 0 bridgehead atoms. The molecule has 0 aromatic heterocycles. The predicted octanol–water partition coefficient (Wildman–Crippen LogP) is 1.11. The lowest BCUT2D eigenvalue weighted by Crippen LogP contribution is -1.95. The van der Waals surface area contributed by atoms with Gasteiger partial charge in [-0.15, -0.1) is 0 Å². The molecule has 0 spiro atoms. The summed E-state index contributed by atoms with van der Waals surface area (Å²) in [7, 11) is -4.28. The minimum absolute atomic E-state index is 0.169. The molecule has 4 heteroatoms. The van der Waals surface area contributed by atoms with Gasteiger partial charge in [-0.05, 0) is 24.6 Å². The van der Waals surface area contributed by atoms with E-state index in [0.29, 0.717) is 0 Å². The number of benzene rings is 1. The molecule has 0 aliphatic carbocycles. The van der Waals surface area contributed by atoms with Gasteiger partial charge < -0.3 is 0 Å². The molecule has 0 aliphatic rings. The van der Waals surface area contributed by atoms with E-state index in [1.54, 1.807) is 19.1 Å². The topological polar surface area (TPSA) is 54.0 Å². The van der Waals surface area contributed by atoms with Crippen molar-refractivity contribution in [1.29, 1.82) is 0 Å². The number of rotatable bonds is 1. The smallest absolute Gasteiger partial charge is 0.192 e. The van der Waals surface area contributed by atoms with Gasteiger partial charge in [0.05, 0.1) is 4.90 Å². The van der Waals surface area contributed by atoms with Gasteiger partial charge in [0.25, 0.3) is 0 Å². The lowest BCUT2D eigenvalue weighted by Gasteiger charge is -1.94. The van der Waals surface area contributed by atoms with Crippen LogP contribution in [0.25, 0.3) is 0 Å². The van der Waals surface area contributed by atoms with Crippen molar-refractivity contribution < 1.29 is 13.0 Å². The number of hydrogen-bond donors (Lipinski definition) is 0. The lowest BCUT2D eigenvalue weighted by molar-refractivity contribution is 0.414. The monoisotopic (exact) mass is 171 g/mol. The highest BCUT2D eigenvalue weighted by Gasteiger charge is 2.09. The molecular weight excluding hydrogens is 164 g/mol. The van der Waals surface area contributed by atoms with Gasteiger partial charge in [-0.1, -0.05) is 16.7 Å². The van der Waals surface area contributed by atoms with E-state index in [0.717, 1.165) is 5.56 Å². The highest BCUT2D eigenvalue weighted by molar-refractivity contribution is 7.85. The van der Waals surface area contributed by atoms with Crippen molar-refractivity contribution in [3.8, 4) is 0 Å². The van der Waals surface area contributed by atoms with Crippen LogP contribution in [-0.2, 0) is 14.7 Å². The Bertz CT molecular complexity index is 354. The maximum Gasteiger partial charge on any atom is 0.324 e. The summed E-state index contributed by atoms with van der Waals surface area (Å²) >= 11 is 0. The molecule has 1 radical (unpaired) electrons. The summed E-state index contributed by atoms with van der Waals surface area (Å²) in [6.07, 6.45) is 0. The van der Waals surface area contributed by atoms with Crippen LogP contribution in [0.3, 0.4) is 0 Å². The molecule has 0 unspecified atom stereocenters. The Labute approximate surface area is 65.4 Å². The van der Waals surface area contributed by atoms with E-state index in [2.05, 4.69) is 0 Å². The summed E-state index contributed by atoms with van der Waals surface area (Å²) < 4.78 is 31.3. The van der Waals surface area contributed by atoms with Crippen LogP contribution in [0.4, 0.5) is 0 Å². The standard InChI is InChI=1S/C7H7O3S/c1-6-3-2-4-7(5-6)11(8,9)10/h2-5H,1H3. The molecule has 0 saturated carbocycles. The average Bonchev–Trinajstić information content (AvgIpc) is 1.86. The molecule has 0 aliphatic heterocycles. The van der Waals surface area contributed by atoms with Crippen LogP contribution in [0.1, 0.15) is 5.56 Å². The third kappa shape index (κ3) is 2.03. The zero-order valence-corrected chi connectivity index (χ0v) is 6.76. The second kappa shape index (κ2) is 2.64. The Morgan fingerprint density at radius 2 is 1.91 bits per heavy atom. The molecule has 11 heavy (non-hydrogen) atoms. The van der Waals surface area contributed by atoms with Crippen LogP contribution >= 0.6 is 0 Å². The van der Waals surface area contributed by atoms with Gasteiger partial charge in [-0.3, -0.25) is 0 Å². The van der Waals surface area contributed by atoms with E-state index in [4.69, 9.17) is 0 Å². The summed E-state index contributed by atoms with van der Waals surface area (Å²) in [5.41, 5.74) is 0.766. The summed E-state index contributed by atoms with van der Waals surface area (Å²) in [6.45, 7) is 1.73. The Morgan fingerprint density at radius 1 is 1.27 bits per heavy atom. The molecule has 3 nitrogen and oxygen atoms in total. The zero-order chi connectivity index (χ0) is 8.48. The summed E-state index contributed by atoms with van der Waals surface area (Å²) in [4.78, 5) is -0.169. The van der Waals surface area contributed by atoms with Crippen molar-refractivity contribution >= 4 is 10.1 Å². The molecule has 0 heterocycles. The Balaban J connectivity index is 3.28. The second-order valence-electron chi connectivity index (χ2n) is 2.27. The summed E-state index contributed by atoms with van der Waals surface area (Å²) in [6, 6.07) is 5.91. The van der Waals surface area contributed by atoms with Gasteiger partial charge in [-0.2, -0.15) is 8.42 Å². The molecule has 59 valence electrons. The zero-order valence-electron chi connectivity index (χ0n) is 5.94. The van der Waals surface area contributed by atoms with Crippen molar-refractivity contribution in [3.63, 3.8) is 0 Å². The molecule has 0 N–H and O–H groups in total. The van der Waals surface area contributed by atoms with E-state index in [-0.39, 0.29) is 4.90 Å². The SMILES string of the molecule is Cc1cccc(S([O])(=O)=O)c1. The van der Waals surface area contributed by atoms with Crippen LogP contribution in [0.15, 0.2) is 29.2 Å². The van der Waals surface area contributed by atoms with Gasteiger partial charge in [0.1, 0.15) is 0 Å². The molecule has 1 rings (SSSR count). The van der Waals surface area contributed by atoms with Crippen molar-refractivity contribution in [2.75, 3.05) is 0 Å². The molecule has 0 amide bonds. The maximum atomic E-state index is 10.4. The average molecular weight is 171 g/mol. The first-order valence-electron chi connectivity index (χ1n) is 3.03. The Hall–Kier alpha value is -0.870.